The average molecular weight is 223 g/mol. The summed E-state index contributed by atoms with van der Waals surface area (Å²) < 4.78 is 0. The summed E-state index contributed by atoms with van der Waals surface area (Å²) in [5.74, 6) is 1.31. The minimum Gasteiger partial charge on any atom is -0.397 e. The fraction of sp³-hybridized carbons (Fsp3) is 0.583. The van der Waals surface area contributed by atoms with Gasteiger partial charge in [-0.25, -0.2) is 4.98 Å². The maximum atomic E-state index is 9.25. The second-order valence-electron chi connectivity index (χ2n) is 4.58. The topological polar surface area (TPSA) is 71.2 Å². The summed E-state index contributed by atoms with van der Waals surface area (Å²) in [5.41, 5.74) is 7.38. The van der Waals surface area contributed by atoms with Gasteiger partial charge in [0.2, 0.25) is 0 Å². The molecule has 4 N–H and O–H groups in total. The zero-order chi connectivity index (χ0) is 12.1. The number of pyridine rings is 1. The van der Waals surface area contributed by atoms with Crippen LogP contribution < -0.4 is 11.1 Å². The van der Waals surface area contributed by atoms with Crippen LogP contribution in [0.4, 0.5) is 11.5 Å². The Labute approximate surface area is 96.9 Å². The molecule has 0 saturated heterocycles. The Kier molecular flexibility index (Phi) is 4.55. The number of aliphatic hydroxyl groups excluding tert-OH is 1. The lowest BCUT2D eigenvalue weighted by atomic mass is 10.0. The van der Waals surface area contributed by atoms with Crippen LogP contribution in [0.15, 0.2) is 12.3 Å². The molecule has 0 fully saturated rings. The summed E-state index contributed by atoms with van der Waals surface area (Å²) in [6, 6.07) is 1.95. The second kappa shape index (κ2) is 5.70. The van der Waals surface area contributed by atoms with Gasteiger partial charge in [0.05, 0.1) is 24.5 Å². The molecule has 1 rings (SSSR count). The number of nitrogen functional groups attached to an aromatic ring is 1. The van der Waals surface area contributed by atoms with Crippen molar-refractivity contribution in [1.82, 2.24) is 4.98 Å². The minimum atomic E-state index is 0.0514. The van der Waals surface area contributed by atoms with E-state index in [1.165, 1.54) is 0 Å². The maximum absolute atomic E-state index is 9.25. The average Bonchev–Trinajstić information content (AvgIpc) is 2.22. The normalized spacial score (nSPS) is 12.8. The number of hydrogen-bond acceptors (Lipinski definition) is 4. The van der Waals surface area contributed by atoms with Gasteiger partial charge in [-0.1, -0.05) is 13.8 Å². The quantitative estimate of drug-likeness (QED) is 0.711. The van der Waals surface area contributed by atoms with Gasteiger partial charge < -0.3 is 16.2 Å². The third-order valence-corrected chi connectivity index (χ3v) is 2.48. The zero-order valence-electron chi connectivity index (χ0n) is 10.2. The van der Waals surface area contributed by atoms with Crippen molar-refractivity contribution in [3.05, 3.63) is 17.8 Å². The first-order valence-electron chi connectivity index (χ1n) is 5.62. The van der Waals surface area contributed by atoms with Crippen molar-refractivity contribution in [3.63, 3.8) is 0 Å². The van der Waals surface area contributed by atoms with E-state index in [0.29, 0.717) is 11.6 Å². The van der Waals surface area contributed by atoms with Gasteiger partial charge in [0.15, 0.2) is 0 Å². The highest BCUT2D eigenvalue weighted by atomic mass is 16.3. The molecule has 90 valence electrons. The Bertz CT molecular complexity index is 339. The van der Waals surface area contributed by atoms with E-state index in [-0.39, 0.29) is 12.6 Å². The highest BCUT2D eigenvalue weighted by molar-refractivity contribution is 5.51. The molecule has 0 bridgehead atoms. The van der Waals surface area contributed by atoms with Crippen LogP contribution in [0.3, 0.4) is 0 Å². The number of aryl methyl sites for hydroxylation is 1. The van der Waals surface area contributed by atoms with E-state index < -0.39 is 0 Å². The molecule has 0 radical (unpaired) electrons. The SMILES string of the molecule is Cc1cc(NC(CO)CC(C)C)ncc1N. The summed E-state index contributed by atoms with van der Waals surface area (Å²) in [7, 11) is 0. The number of aromatic nitrogens is 1. The van der Waals surface area contributed by atoms with E-state index in [0.717, 1.165) is 17.8 Å². The maximum Gasteiger partial charge on any atom is 0.126 e. The monoisotopic (exact) mass is 223 g/mol. The predicted octanol–water partition coefficient (Wildman–Crippen LogP) is 1.79. The first kappa shape index (κ1) is 12.8. The molecule has 1 unspecified atom stereocenters. The van der Waals surface area contributed by atoms with Crippen molar-refractivity contribution in [1.29, 1.82) is 0 Å². The van der Waals surface area contributed by atoms with Crippen LogP contribution in [0.1, 0.15) is 25.8 Å². The van der Waals surface area contributed by atoms with Crippen molar-refractivity contribution >= 4 is 11.5 Å². The van der Waals surface area contributed by atoms with Gasteiger partial charge >= 0.3 is 0 Å². The number of nitrogens with one attached hydrogen (secondary N) is 1. The molecular weight excluding hydrogens is 202 g/mol. The van der Waals surface area contributed by atoms with Crippen molar-refractivity contribution in [2.24, 2.45) is 5.92 Å². The van der Waals surface area contributed by atoms with Gasteiger partial charge in [0, 0.05) is 0 Å². The lowest BCUT2D eigenvalue weighted by Gasteiger charge is -2.19. The van der Waals surface area contributed by atoms with Gasteiger partial charge in [-0.05, 0) is 30.9 Å². The van der Waals surface area contributed by atoms with Gasteiger partial charge in [0.1, 0.15) is 5.82 Å². The number of aliphatic hydroxyl groups is 1. The minimum absolute atomic E-state index is 0.0514. The van der Waals surface area contributed by atoms with Crippen molar-refractivity contribution in [2.45, 2.75) is 33.2 Å². The molecule has 1 atom stereocenters. The van der Waals surface area contributed by atoms with E-state index in [2.05, 4.69) is 24.1 Å². The van der Waals surface area contributed by atoms with Gasteiger partial charge in [-0.2, -0.15) is 0 Å². The van der Waals surface area contributed by atoms with E-state index in [9.17, 15) is 5.11 Å². The fourth-order valence-electron chi connectivity index (χ4n) is 1.60. The number of rotatable bonds is 5. The van der Waals surface area contributed by atoms with E-state index in [1.54, 1.807) is 6.20 Å². The highest BCUT2D eigenvalue weighted by Crippen LogP contribution is 2.15. The Morgan fingerprint density at radius 2 is 2.19 bits per heavy atom. The Balaban J connectivity index is 2.66. The van der Waals surface area contributed by atoms with Gasteiger partial charge in [-0.15, -0.1) is 0 Å². The standard InChI is InChI=1S/C12H21N3O/c1-8(2)4-10(7-16)15-12-5-9(3)11(13)6-14-12/h5-6,8,10,16H,4,7,13H2,1-3H3,(H,14,15). The van der Waals surface area contributed by atoms with Crippen LogP contribution >= 0.6 is 0 Å². The number of nitrogens with zero attached hydrogens (tertiary/aromatic N) is 1. The molecule has 1 aromatic heterocycles. The molecule has 1 heterocycles. The van der Waals surface area contributed by atoms with Crippen LogP contribution in [0, 0.1) is 12.8 Å². The zero-order valence-corrected chi connectivity index (χ0v) is 10.2. The highest BCUT2D eigenvalue weighted by Gasteiger charge is 2.10. The predicted molar refractivity (Wildman–Crippen MR) is 67.3 cm³/mol. The van der Waals surface area contributed by atoms with Crippen molar-refractivity contribution in [3.8, 4) is 0 Å². The molecule has 0 aliphatic heterocycles. The number of anilines is 2. The number of nitrogens with two attached hydrogens (primary N) is 1. The van der Waals surface area contributed by atoms with Gasteiger partial charge in [-0.3, -0.25) is 0 Å². The molecule has 4 nitrogen and oxygen atoms in total. The molecule has 0 aromatic carbocycles. The Morgan fingerprint density at radius 1 is 1.50 bits per heavy atom. The smallest absolute Gasteiger partial charge is 0.126 e. The fourth-order valence-corrected chi connectivity index (χ4v) is 1.60. The molecule has 0 amide bonds. The summed E-state index contributed by atoms with van der Waals surface area (Å²) >= 11 is 0. The third kappa shape index (κ3) is 3.70. The molecule has 16 heavy (non-hydrogen) atoms. The van der Waals surface area contributed by atoms with E-state index >= 15 is 0 Å². The lowest BCUT2D eigenvalue weighted by Crippen LogP contribution is -2.26. The van der Waals surface area contributed by atoms with Crippen LogP contribution in [0.5, 0.6) is 0 Å². The Morgan fingerprint density at radius 3 is 2.69 bits per heavy atom. The van der Waals surface area contributed by atoms with E-state index in [1.807, 2.05) is 13.0 Å². The molecular formula is C12H21N3O. The van der Waals surface area contributed by atoms with Crippen molar-refractivity contribution in [2.75, 3.05) is 17.7 Å². The number of hydrogen-bond donors (Lipinski definition) is 3. The van der Waals surface area contributed by atoms with Crippen LogP contribution in [-0.4, -0.2) is 22.7 Å². The molecule has 0 saturated carbocycles. The molecule has 0 aliphatic rings. The summed E-state index contributed by atoms with van der Waals surface area (Å²) in [6.07, 6.45) is 2.56. The summed E-state index contributed by atoms with van der Waals surface area (Å²) in [4.78, 5) is 4.19. The third-order valence-electron chi connectivity index (χ3n) is 2.48. The molecule has 4 heteroatoms. The second-order valence-corrected chi connectivity index (χ2v) is 4.58. The largest absolute Gasteiger partial charge is 0.397 e. The molecule has 1 aromatic rings. The molecule has 0 spiro atoms. The lowest BCUT2D eigenvalue weighted by molar-refractivity contribution is 0.259. The van der Waals surface area contributed by atoms with Crippen LogP contribution in [-0.2, 0) is 0 Å². The molecule has 0 aliphatic carbocycles. The Hall–Kier alpha value is -1.29. The van der Waals surface area contributed by atoms with Crippen LogP contribution in [0.25, 0.3) is 0 Å². The van der Waals surface area contributed by atoms with Crippen molar-refractivity contribution < 1.29 is 5.11 Å². The summed E-state index contributed by atoms with van der Waals surface area (Å²) in [5, 5.41) is 12.5. The first-order valence-corrected chi connectivity index (χ1v) is 5.62. The summed E-state index contributed by atoms with van der Waals surface area (Å²) in [6.45, 7) is 6.32. The van der Waals surface area contributed by atoms with Crippen LogP contribution in [0.2, 0.25) is 0 Å². The van der Waals surface area contributed by atoms with Gasteiger partial charge in [0.25, 0.3) is 0 Å². The van der Waals surface area contributed by atoms with E-state index in [4.69, 9.17) is 5.73 Å². The first-order chi connectivity index (χ1) is 7.52.